The van der Waals surface area contributed by atoms with Crippen LogP contribution in [0.25, 0.3) is 0 Å². The molecule has 3 heterocycles. The number of hydrogen-bond acceptors (Lipinski definition) is 5. The van der Waals surface area contributed by atoms with Crippen LogP contribution in [0.1, 0.15) is 46.9 Å². The molecule has 0 radical (unpaired) electrons. The highest BCUT2D eigenvalue weighted by atomic mass is 16.2. The molecule has 4 rings (SSSR count). The third-order valence-corrected chi connectivity index (χ3v) is 5.21. The third-order valence-electron chi connectivity index (χ3n) is 5.21. The van der Waals surface area contributed by atoms with Gasteiger partial charge in [0.05, 0.1) is 16.8 Å². The normalized spacial score (nSPS) is 26.3. The smallest absolute Gasteiger partial charge is 0.264 e. The zero-order valence-electron chi connectivity index (χ0n) is 13.9. The van der Waals surface area contributed by atoms with Gasteiger partial charge >= 0.3 is 0 Å². The molecule has 1 aromatic carbocycles. The maximum absolute atomic E-state index is 13.0. The summed E-state index contributed by atoms with van der Waals surface area (Å²) in [6.45, 7) is 3.85. The van der Waals surface area contributed by atoms with Gasteiger partial charge in [-0.15, -0.1) is 0 Å². The Hall–Kier alpha value is -2.70. The predicted molar refractivity (Wildman–Crippen MR) is 89.1 cm³/mol. The van der Waals surface area contributed by atoms with Crippen molar-refractivity contribution in [2.45, 2.75) is 32.2 Å². The topological polar surface area (TPSA) is 86.8 Å². The van der Waals surface area contributed by atoms with Crippen molar-refractivity contribution in [1.82, 2.24) is 10.2 Å². The molecule has 0 bridgehead atoms. The van der Waals surface area contributed by atoms with E-state index in [2.05, 4.69) is 17.1 Å². The fraction of sp³-hybridized carbons (Fsp3) is 0.444. The van der Waals surface area contributed by atoms with Gasteiger partial charge in [0, 0.05) is 19.5 Å². The molecule has 25 heavy (non-hydrogen) atoms. The van der Waals surface area contributed by atoms with Crippen molar-refractivity contribution >= 4 is 29.3 Å². The van der Waals surface area contributed by atoms with Gasteiger partial charge in [-0.25, -0.2) is 0 Å². The first-order chi connectivity index (χ1) is 12.0. The number of fused-ring (bicyclic) bond motifs is 1. The molecule has 2 saturated heterocycles. The van der Waals surface area contributed by atoms with E-state index in [-0.39, 0.29) is 18.7 Å². The molecule has 7 nitrogen and oxygen atoms in total. The molecule has 2 atom stereocenters. The Morgan fingerprint density at radius 2 is 1.88 bits per heavy atom. The number of amides is 4. The Morgan fingerprint density at radius 1 is 1.08 bits per heavy atom. The molecular formula is C18H19N3O4. The molecule has 3 aliphatic heterocycles. The monoisotopic (exact) mass is 341 g/mol. The van der Waals surface area contributed by atoms with Crippen LogP contribution in [-0.4, -0.2) is 47.7 Å². The van der Waals surface area contributed by atoms with E-state index in [4.69, 9.17) is 0 Å². The Labute approximate surface area is 145 Å². The van der Waals surface area contributed by atoms with Crippen LogP contribution in [0.3, 0.4) is 0 Å². The summed E-state index contributed by atoms with van der Waals surface area (Å²) in [6.07, 6.45) is 1.34. The van der Waals surface area contributed by atoms with E-state index >= 15 is 0 Å². The van der Waals surface area contributed by atoms with E-state index in [0.717, 1.165) is 30.1 Å². The summed E-state index contributed by atoms with van der Waals surface area (Å²) in [7, 11) is 0. The molecule has 0 aromatic heterocycles. The maximum Gasteiger partial charge on any atom is 0.264 e. The quantitative estimate of drug-likeness (QED) is 0.809. The third kappa shape index (κ3) is 2.42. The van der Waals surface area contributed by atoms with E-state index < -0.39 is 23.8 Å². The van der Waals surface area contributed by atoms with Crippen LogP contribution in [0.15, 0.2) is 18.2 Å². The van der Waals surface area contributed by atoms with Gasteiger partial charge in [0.25, 0.3) is 11.8 Å². The van der Waals surface area contributed by atoms with Crippen LogP contribution in [0.5, 0.6) is 0 Å². The van der Waals surface area contributed by atoms with Gasteiger partial charge in [0.1, 0.15) is 6.04 Å². The average molecular weight is 341 g/mol. The van der Waals surface area contributed by atoms with Crippen molar-refractivity contribution in [2.75, 3.05) is 18.0 Å². The predicted octanol–water partition coefficient (Wildman–Crippen LogP) is 0.934. The number of anilines is 1. The summed E-state index contributed by atoms with van der Waals surface area (Å²) in [5, 5.41) is 2.22. The number of nitrogens with one attached hydrogen (secondary N) is 1. The van der Waals surface area contributed by atoms with Gasteiger partial charge in [-0.05, 0) is 30.9 Å². The highest BCUT2D eigenvalue weighted by Crippen LogP contribution is 2.36. The van der Waals surface area contributed by atoms with E-state index in [1.165, 1.54) is 0 Å². The molecule has 7 heteroatoms. The molecule has 1 N–H and O–H groups in total. The van der Waals surface area contributed by atoms with Gasteiger partial charge < -0.3 is 4.90 Å². The van der Waals surface area contributed by atoms with Gasteiger partial charge in [0.15, 0.2) is 0 Å². The Bertz CT molecular complexity index is 804. The van der Waals surface area contributed by atoms with Gasteiger partial charge in [-0.1, -0.05) is 13.0 Å². The number of piperidine rings is 1. The highest BCUT2D eigenvalue weighted by molar-refractivity contribution is 6.25. The van der Waals surface area contributed by atoms with Gasteiger partial charge in [-0.2, -0.15) is 0 Å². The Kier molecular flexibility index (Phi) is 3.59. The lowest BCUT2D eigenvalue weighted by molar-refractivity contribution is -0.136. The van der Waals surface area contributed by atoms with Gasteiger partial charge in [-0.3, -0.25) is 29.4 Å². The summed E-state index contributed by atoms with van der Waals surface area (Å²) in [4.78, 5) is 52.4. The minimum absolute atomic E-state index is 0.125. The molecule has 0 saturated carbocycles. The number of hydrogen-bond donors (Lipinski definition) is 1. The molecular weight excluding hydrogens is 322 g/mol. The number of nitrogens with zero attached hydrogens (tertiary/aromatic N) is 2. The number of carbonyl (C=O) groups excluding carboxylic acids is 4. The molecule has 0 aliphatic carbocycles. The number of rotatable bonds is 2. The molecule has 3 aliphatic rings. The largest absolute Gasteiger partial charge is 0.371 e. The first kappa shape index (κ1) is 15.8. The summed E-state index contributed by atoms with van der Waals surface area (Å²) < 4.78 is 0. The zero-order chi connectivity index (χ0) is 17.7. The van der Waals surface area contributed by atoms with Crippen LogP contribution >= 0.6 is 0 Å². The van der Waals surface area contributed by atoms with Crippen LogP contribution in [0, 0.1) is 5.92 Å². The summed E-state index contributed by atoms with van der Waals surface area (Å²) in [5.41, 5.74) is 1.48. The van der Waals surface area contributed by atoms with Crippen molar-refractivity contribution in [1.29, 1.82) is 0 Å². The highest BCUT2D eigenvalue weighted by Gasteiger charge is 2.46. The molecule has 2 fully saturated rings. The molecule has 2 unspecified atom stereocenters. The van der Waals surface area contributed by atoms with E-state index in [0.29, 0.717) is 17.0 Å². The van der Waals surface area contributed by atoms with Crippen molar-refractivity contribution in [3.63, 3.8) is 0 Å². The van der Waals surface area contributed by atoms with Crippen LogP contribution < -0.4 is 10.2 Å². The lowest BCUT2D eigenvalue weighted by atomic mass is 10.0. The van der Waals surface area contributed by atoms with E-state index in [1.54, 1.807) is 12.1 Å². The summed E-state index contributed by atoms with van der Waals surface area (Å²) in [5.74, 6) is -1.31. The summed E-state index contributed by atoms with van der Waals surface area (Å²) >= 11 is 0. The van der Waals surface area contributed by atoms with Crippen molar-refractivity contribution < 1.29 is 19.2 Å². The molecule has 0 spiro atoms. The SMILES string of the molecule is CC1CCN(c2cccc3c2C(=O)N(C2CCC(=O)NC2=O)C3=O)C1. The average Bonchev–Trinajstić information content (AvgIpc) is 3.11. The maximum atomic E-state index is 13.0. The second-order valence-electron chi connectivity index (χ2n) is 6.99. The minimum Gasteiger partial charge on any atom is -0.371 e. The first-order valence-corrected chi connectivity index (χ1v) is 8.57. The molecule has 130 valence electrons. The Balaban J connectivity index is 1.70. The molecule has 1 aromatic rings. The Morgan fingerprint density at radius 3 is 2.56 bits per heavy atom. The fourth-order valence-corrected chi connectivity index (χ4v) is 3.91. The fourth-order valence-electron chi connectivity index (χ4n) is 3.91. The van der Waals surface area contributed by atoms with Crippen LogP contribution in [-0.2, 0) is 9.59 Å². The lowest BCUT2D eigenvalue weighted by Gasteiger charge is -2.28. The minimum atomic E-state index is -0.921. The second-order valence-corrected chi connectivity index (χ2v) is 6.99. The lowest BCUT2D eigenvalue weighted by Crippen LogP contribution is -2.54. The van der Waals surface area contributed by atoms with Gasteiger partial charge in [0.2, 0.25) is 11.8 Å². The standard InChI is InChI=1S/C18H19N3O4/c1-10-7-8-20(9-10)12-4-2-3-11-15(12)18(25)21(17(11)24)13-5-6-14(22)19-16(13)23/h2-4,10,13H,5-9H2,1H3,(H,19,22,23). The molecule has 4 amide bonds. The van der Waals surface area contributed by atoms with Crippen LogP contribution in [0.4, 0.5) is 5.69 Å². The summed E-state index contributed by atoms with van der Waals surface area (Å²) in [6, 6.07) is 4.34. The van der Waals surface area contributed by atoms with Crippen molar-refractivity contribution in [2.24, 2.45) is 5.92 Å². The number of benzene rings is 1. The number of carbonyl (C=O) groups is 4. The second kappa shape index (κ2) is 5.68. The van der Waals surface area contributed by atoms with Crippen molar-refractivity contribution in [3.05, 3.63) is 29.3 Å². The van der Waals surface area contributed by atoms with Crippen molar-refractivity contribution in [3.8, 4) is 0 Å². The van der Waals surface area contributed by atoms with Crippen LogP contribution in [0.2, 0.25) is 0 Å². The zero-order valence-corrected chi connectivity index (χ0v) is 13.9. The number of imide groups is 2. The van der Waals surface area contributed by atoms with E-state index in [1.807, 2.05) is 6.07 Å². The van der Waals surface area contributed by atoms with E-state index in [9.17, 15) is 19.2 Å². The first-order valence-electron chi connectivity index (χ1n) is 8.57.